The molecule has 0 bridgehead atoms. The van der Waals surface area contributed by atoms with Gasteiger partial charge < -0.3 is 4.57 Å². The standard InChI is InChI=1S/C17H20N4S2/c1-4-8-21-16(14-7-5-6-12(2)9-14)19-20-17(21)23-11-15-10-22-13(3)18-15/h5-7,9-10H,4,8,11H2,1-3H3. The van der Waals surface area contributed by atoms with Gasteiger partial charge in [0.25, 0.3) is 0 Å². The van der Waals surface area contributed by atoms with Gasteiger partial charge in [0.15, 0.2) is 11.0 Å². The van der Waals surface area contributed by atoms with E-state index >= 15 is 0 Å². The Hall–Kier alpha value is -1.66. The number of hydrogen-bond donors (Lipinski definition) is 0. The van der Waals surface area contributed by atoms with E-state index in [0.29, 0.717) is 0 Å². The summed E-state index contributed by atoms with van der Waals surface area (Å²) in [7, 11) is 0. The largest absolute Gasteiger partial charge is 0.302 e. The van der Waals surface area contributed by atoms with E-state index in [1.807, 2.05) is 6.92 Å². The van der Waals surface area contributed by atoms with Crippen LogP contribution in [0.25, 0.3) is 11.4 Å². The van der Waals surface area contributed by atoms with Crippen LogP contribution in [0.5, 0.6) is 0 Å². The minimum absolute atomic E-state index is 0.833. The van der Waals surface area contributed by atoms with Crippen molar-refractivity contribution in [1.82, 2.24) is 19.7 Å². The molecule has 0 aliphatic rings. The molecule has 0 spiro atoms. The van der Waals surface area contributed by atoms with Crippen molar-refractivity contribution in [3.8, 4) is 11.4 Å². The van der Waals surface area contributed by atoms with E-state index in [0.717, 1.165) is 46.0 Å². The van der Waals surface area contributed by atoms with E-state index in [4.69, 9.17) is 0 Å². The first-order valence-corrected chi connectivity index (χ1v) is 9.58. The molecular weight excluding hydrogens is 324 g/mol. The highest BCUT2D eigenvalue weighted by Gasteiger charge is 2.14. The van der Waals surface area contributed by atoms with E-state index in [-0.39, 0.29) is 0 Å². The Morgan fingerprint density at radius 1 is 1.22 bits per heavy atom. The maximum Gasteiger partial charge on any atom is 0.191 e. The predicted octanol–water partition coefficient (Wildman–Crippen LogP) is 4.72. The van der Waals surface area contributed by atoms with Crippen molar-refractivity contribution in [3.63, 3.8) is 0 Å². The lowest BCUT2D eigenvalue weighted by Crippen LogP contribution is -2.02. The SMILES string of the molecule is CCCn1c(SCc2csc(C)n2)nnc1-c1cccc(C)c1. The van der Waals surface area contributed by atoms with Crippen molar-refractivity contribution in [2.24, 2.45) is 0 Å². The van der Waals surface area contributed by atoms with Gasteiger partial charge in [-0.2, -0.15) is 0 Å². The molecule has 0 aliphatic heterocycles. The quantitative estimate of drug-likeness (QED) is 0.607. The third-order valence-electron chi connectivity index (χ3n) is 3.46. The van der Waals surface area contributed by atoms with Crippen LogP contribution in [0.2, 0.25) is 0 Å². The fourth-order valence-corrected chi connectivity index (χ4v) is 4.01. The van der Waals surface area contributed by atoms with Crippen LogP contribution >= 0.6 is 23.1 Å². The van der Waals surface area contributed by atoms with Crippen LogP contribution in [0.3, 0.4) is 0 Å². The maximum atomic E-state index is 4.52. The third-order valence-corrected chi connectivity index (χ3v) is 5.28. The lowest BCUT2D eigenvalue weighted by Gasteiger charge is -2.09. The van der Waals surface area contributed by atoms with E-state index < -0.39 is 0 Å². The number of aromatic nitrogens is 4. The molecule has 3 rings (SSSR count). The molecule has 0 saturated carbocycles. The molecule has 2 aromatic heterocycles. The summed E-state index contributed by atoms with van der Waals surface area (Å²) >= 11 is 3.40. The van der Waals surface area contributed by atoms with Crippen LogP contribution in [0.1, 0.15) is 29.6 Å². The normalized spacial score (nSPS) is 11.1. The highest BCUT2D eigenvalue weighted by molar-refractivity contribution is 7.98. The van der Waals surface area contributed by atoms with Crippen LogP contribution in [0.4, 0.5) is 0 Å². The van der Waals surface area contributed by atoms with Gasteiger partial charge in [0.05, 0.1) is 10.7 Å². The van der Waals surface area contributed by atoms with Crippen LogP contribution in [0, 0.1) is 13.8 Å². The van der Waals surface area contributed by atoms with Gasteiger partial charge in [0.2, 0.25) is 0 Å². The topological polar surface area (TPSA) is 43.6 Å². The summed E-state index contributed by atoms with van der Waals surface area (Å²) in [4.78, 5) is 4.52. The zero-order valence-electron chi connectivity index (χ0n) is 13.6. The molecule has 3 aromatic rings. The van der Waals surface area contributed by atoms with Crippen molar-refractivity contribution < 1.29 is 0 Å². The fraction of sp³-hybridized carbons (Fsp3) is 0.353. The summed E-state index contributed by atoms with van der Waals surface area (Å²) < 4.78 is 2.22. The number of benzene rings is 1. The number of aryl methyl sites for hydroxylation is 2. The van der Waals surface area contributed by atoms with Crippen LogP contribution < -0.4 is 0 Å². The Morgan fingerprint density at radius 3 is 2.78 bits per heavy atom. The summed E-state index contributed by atoms with van der Waals surface area (Å²) in [6.45, 7) is 7.24. The lowest BCUT2D eigenvalue weighted by atomic mass is 10.1. The Bertz CT molecular complexity index is 791. The first-order chi connectivity index (χ1) is 11.2. The highest BCUT2D eigenvalue weighted by Crippen LogP contribution is 2.27. The molecular formula is C17H20N4S2. The Kier molecular flexibility index (Phi) is 5.13. The first kappa shape index (κ1) is 16.2. The number of rotatable bonds is 6. The molecule has 0 fully saturated rings. The molecule has 0 saturated heterocycles. The molecule has 0 N–H and O–H groups in total. The van der Waals surface area contributed by atoms with Gasteiger partial charge in [0, 0.05) is 23.2 Å². The summed E-state index contributed by atoms with van der Waals surface area (Å²) in [5.74, 6) is 1.78. The molecule has 0 amide bonds. The second-order valence-electron chi connectivity index (χ2n) is 5.47. The van der Waals surface area contributed by atoms with Gasteiger partial charge >= 0.3 is 0 Å². The predicted molar refractivity (Wildman–Crippen MR) is 96.9 cm³/mol. The average molecular weight is 345 g/mol. The smallest absolute Gasteiger partial charge is 0.191 e. The molecule has 0 radical (unpaired) electrons. The van der Waals surface area contributed by atoms with Gasteiger partial charge in [0.1, 0.15) is 0 Å². The number of hydrogen-bond acceptors (Lipinski definition) is 5. The second kappa shape index (κ2) is 7.27. The molecule has 2 heterocycles. The molecule has 0 atom stereocenters. The van der Waals surface area contributed by atoms with Crippen molar-refractivity contribution >= 4 is 23.1 Å². The molecule has 4 nitrogen and oxygen atoms in total. The first-order valence-electron chi connectivity index (χ1n) is 7.71. The zero-order chi connectivity index (χ0) is 16.2. The van der Waals surface area contributed by atoms with Crippen LogP contribution in [-0.4, -0.2) is 19.7 Å². The van der Waals surface area contributed by atoms with E-state index in [9.17, 15) is 0 Å². The van der Waals surface area contributed by atoms with E-state index in [1.165, 1.54) is 5.56 Å². The summed E-state index contributed by atoms with van der Waals surface area (Å²) in [6.07, 6.45) is 1.06. The molecule has 0 aliphatic carbocycles. The van der Waals surface area contributed by atoms with Gasteiger partial charge in [-0.3, -0.25) is 0 Å². The third kappa shape index (κ3) is 3.82. The monoisotopic (exact) mass is 344 g/mol. The summed E-state index contributed by atoms with van der Waals surface area (Å²) in [5.41, 5.74) is 3.48. The molecule has 1 aromatic carbocycles. The molecule has 23 heavy (non-hydrogen) atoms. The number of thioether (sulfide) groups is 1. The zero-order valence-corrected chi connectivity index (χ0v) is 15.2. The molecule has 120 valence electrons. The van der Waals surface area contributed by atoms with E-state index in [2.05, 4.69) is 63.2 Å². The maximum absolute atomic E-state index is 4.52. The lowest BCUT2D eigenvalue weighted by molar-refractivity contribution is 0.626. The van der Waals surface area contributed by atoms with Gasteiger partial charge in [-0.1, -0.05) is 42.4 Å². The fourth-order valence-electron chi connectivity index (χ4n) is 2.43. The van der Waals surface area contributed by atoms with Gasteiger partial charge in [-0.25, -0.2) is 4.98 Å². The second-order valence-corrected chi connectivity index (χ2v) is 7.48. The molecule has 6 heteroatoms. The number of thiazole rings is 1. The van der Waals surface area contributed by atoms with Crippen molar-refractivity contribution in [2.45, 2.75) is 44.6 Å². The van der Waals surface area contributed by atoms with Crippen molar-refractivity contribution in [3.05, 3.63) is 45.9 Å². The Balaban J connectivity index is 1.86. The van der Waals surface area contributed by atoms with E-state index in [1.54, 1.807) is 23.1 Å². The Morgan fingerprint density at radius 2 is 2.09 bits per heavy atom. The minimum atomic E-state index is 0.833. The van der Waals surface area contributed by atoms with Gasteiger partial charge in [-0.15, -0.1) is 21.5 Å². The van der Waals surface area contributed by atoms with Crippen molar-refractivity contribution in [1.29, 1.82) is 0 Å². The average Bonchev–Trinajstić information content (AvgIpc) is 3.12. The van der Waals surface area contributed by atoms with Crippen LogP contribution in [-0.2, 0) is 12.3 Å². The highest BCUT2D eigenvalue weighted by atomic mass is 32.2. The van der Waals surface area contributed by atoms with Crippen LogP contribution in [0.15, 0.2) is 34.8 Å². The summed E-state index contributed by atoms with van der Waals surface area (Å²) in [5, 5.41) is 13.0. The van der Waals surface area contributed by atoms with Crippen molar-refractivity contribution in [2.75, 3.05) is 0 Å². The number of nitrogens with zero attached hydrogens (tertiary/aromatic N) is 4. The Labute approximate surface area is 145 Å². The minimum Gasteiger partial charge on any atom is -0.302 e. The van der Waals surface area contributed by atoms with Gasteiger partial charge in [-0.05, 0) is 26.3 Å². The molecule has 0 unspecified atom stereocenters. The summed E-state index contributed by atoms with van der Waals surface area (Å²) in [6, 6.07) is 8.43.